The first kappa shape index (κ1) is 14.2. The van der Waals surface area contributed by atoms with Crippen LogP contribution in [0.3, 0.4) is 0 Å². The highest BCUT2D eigenvalue weighted by Gasteiger charge is 2.52. The fourth-order valence-electron chi connectivity index (χ4n) is 2.59. The summed E-state index contributed by atoms with van der Waals surface area (Å²) in [5.74, 6) is -1.14. The molecule has 0 saturated heterocycles. The van der Waals surface area contributed by atoms with Crippen molar-refractivity contribution in [1.29, 1.82) is 0 Å². The van der Waals surface area contributed by atoms with Crippen molar-refractivity contribution in [2.24, 2.45) is 0 Å². The van der Waals surface area contributed by atoms with Gasteiger partial charge in [-0.2, -0.15) is 8.42 Å². The topological polar surface area (TPSA) is 88.5 Å². The van der Waals surface area contributed by atoms with E-state index in [4.69, 9.17) is 11.6 Å². The highest BCUT2D eigenvalue weighted by molar-refractivity contribution is 7.89. The third kappa shape index (κ3) is 1.83. The molecule has 0 amide bonds. The van der Waals surface area contributed by atoms with Crippen LogP contribution in [0.15, 0.2) is 47.6 Å². The second-order valence-electron chi connectivity index (χ2n) is 4.80. The lowest BCUT2D eigenvalue weighted by Crippen LogP contribution is -2.42. The molecule has 0 bridgehead atoms. The van der Waals surface area contributed by atoms with Crippen molar-refractivity contribution in [3.63, 3.8) is 0 Å². The number of rotatable bonds is 1. The number of carbonyl (C=O) groups excluding carboxylic acids is 2. The van der Waals surface area contributed by atoms with Gasteiger partial charge in [-0.1, -0.05) is 48.0 Å². The monoisotopic (exact) mass is 324 g/mol. The SMILES string of the molecule is O=C1C2=C(C(=O)c3ccccc31)C(Cl)(S(=O)(=O)O)CC=C2. The molecule has 21 heavy (non-hydrogen) atoms. The van der Waals surface area contributed by atoms with E-state index in [0.717, 1.165) is 0 Å². The number of Topliss-reactive ketones (excluding diaryl/α,β-unsaturated/α-hetero) is 2. The molecule has 1 N–H and O–H groups in total. The summed E-state index contributed by atoms with van der Waals surface area (Å²) >= 11 is 6.03. The number of benzene rings is 1. The van der Waals surface area contributed by atoms with Crippen LogP contribution in [-0.2, 0) is 10.1 Å². The molecule has 0 fully saturated rings. The number of halogens is 1. The molecule has 0 aromatic heterocycles. The van der Waals surface area contributed by atoms with Gasteiger partial charge in [0.05, 0.1) is 5.57 Å². The van der Waals surface area contributed by atoms with Gasteiger partial charge < -0.3 is 0 Å². The number of alkyl halides is 1. The van der Waals surface area contributed by atoms with Gasteiger partial charge in [0.15, 0.2) is 11.6 Å². The molecule has 0 aliphatic heterocycles. The lowest BCUT2D eigenvalue weighted by atomic mass is 9.79. The molecule has 2 aliphatic carbocycles. The molecular formula is C14H9ClO5S. The fourth-order valence-corrected chi connectivity index (χ4v) is 3.63. The van der Waals surface area contributed by atoms with Crippen molar-refractivity contribution in [1.82, 2.24) is 0 Å². The Morgan fingerprint density at radius 3 is 2.24 bits per heavy atom. The lowest BCUT2D eigenvalue weighted by molar-refractivity contribution is 0.0972. The molecule has 0 spiro atoms. The van der Waals surface area contributed by atoms with Gasteiger partial charge in [0.2, 0.25) is 4.21 Å². The Hall–Kier alpha value is -1.76. The van der Waals surface area contributed by atoms with Crippen molar-refractivity contribution >= 4 is 33.3 Å². The standard InChI is InChI=1S/C14H9ClO5S/c15-14(21(18,19)20)7-3-6-10-11(14)13(17)9-5-2-1-4-8(9)12(10)16/h1-6H,7H2,(H,18,19,20). The Bertz CT molecular complexity index is 850. The van der Waals surface area contributed by atoms with Gasteiger partial charge in [0, 0.05) is 23.1 Å². The number of carbonyl (C=O) groups is 2. The number of fused-ring (bicyclic) bond motifs is 1. The van der Waals surface area contributed by atoms with Crippen LogP contribution in [0.1, 0.15) is 27.1 Å². The summed E-state index contributed by atoms with van der Waals surface area (Å²) in [6.45, 7) is 0. The number of allylic oxidation sites excluding steroid dienone is 3. The van der Waals surface area contributed by atoms with E-state index in [2.05, 4.69) is 0 Å². The second kappa shape index (κ2) is 4.37. The van der Waals surface area contributed by atoms with Crippen LogP contribution < -0.4 is 0 Å². The quantitative estimate of drug-likeness (QED) is 0.631. The Kier molecular flexibility index (Phi) is 2.95. The molecule has 108 valence electrons. The normalized spacial score (nSPS) is 24.9. The molecule has 1 atom stereocenters. The zero-order valence-electron chi connectivity index (χ0n) is 10.5. The van der Waals surface area contributed by atoms with E-state index in [-0.39, 0.29) is 28.7 Å². The highest BCUT2D eigenvalue weighted by atomic mass is 35.5. The molecule has 0 saturated carbocycles. The minimum Gasteiger partial charge on any atom is -0.289 e. The van der Waals surface area contributed by atoms with Gasteiger partial charge >= 0.3 is 0 Å². The van der Waals surface area contributed by atoms with Gasteiger partial charge in [0.25, 0.3) is 10.1 Å². The van der Waals surface area contributed by atoms with E-state index in [1.165, 1.54) is 24.3 Å². The van der Waals surface area contributed by atoms with Gasteiger partial charge in [-0.05, 0) is 0 Å². The Morgan fingerprint density at radius 2 is 1.67 bits per heavy atom. The average Bonchev–Trinajstić information content (AvgIpc) is 2.43. The van der Waals surface area contributed by atoms with Crippen molar-refractivity contribution < 1.29 is 22.6 Å². The first-order valence-electron chi connectivity index (χ1n) is 6.03. The first-order valence-corrected chi connectivity index (χ1v) is 7.85. The van der Waals surface area contributed by atoms with E-state index in [9.17, 15) is 22.6 Å². The van der Waals surface area contributed by atoms with Crippen molar-refractivity contribution in [3.8, 4) is 0 Å². The van der Waals surface area contributed by atoms with Crippen molar-refractivity contribution in [2.75, 3.05) is 0 Å². The maximum Gasteiger partial charge on any atom is 0.289 e. The molecular weight excluding hydrogens is 316 g/mol. The summed E-state index contributed by atoms with van der Waals surface area (Å²) in [7, 11) is -4.77. The Morgan fingerprint density at radius 1 is 1.10 bits per heavy atom. The smallest absolute Gasteiger partial charge is 0.289 e. The third-order valence-corrected chi connectivity index (χ3v) is 5.72. The van der Waals surface area contributed by atoms with Gasteiger partial charge in [0.1, 0.15) is 0 Å². The summed E-state index contributed by atoms with van der Waals surface area (Å²) in [4.78, 5) is 25.0. The molecule has 3 rings (SSSR count). The largest absolute Gasteiger partial charge is 0.289 e. The number of hydrogen-bond donors (Lipinski definition) is 1. The highest BCUT2D eigenvalue weighted by Crippen LogP contribution is 2.44. The van der Waals surface area contributed by atoms with Gasteiger partial charge in [-0.15, -0.1) is 0 Å². The molecule has 2 aliphatic rings. The van der Waals surface area contributed by atoms with Crippen LogP contribution in [0.5, 0.6) is 0 Å². The predicted octanol–water partition coefficient (Wildman–Crippen LogP) is 2.15. The van der Waals surface area contributed by atoms with Crippen LogP contribution >= 0.6 is 11.6 Å². The summed E-state index contributed by atoms with van der Waals surface area (Å²) < 4.78 is 30.3. The third-order valence-electron chi connectivity index (χ3n) is 3.60. The van der Waals surface area contributed by atoms with Gasteiger partial charge in [-0.25, -0.2) is 0 Å². The summed E-state index contributed by atoms with van der Waals surface area (Å²) in [6, 6.07) is 6.10. The zero-order valence-corrected chi connectivity index (χ0v) is 12.1. The van der Waals surface area contributed by atoms with E-state index >= 15 is 0 Å². The zero-order chi connectivity index (χ0) is 15.4. The first-order chi connectivity index (χ1) is 9.77. The van der Waals surface area contributed by atoms with Crippen molar-refractivity contribution in [3.05, 3.63) is 58.7 Å². The van der Waals surface area contributed by atoms with E-state index in [0.29, 0.717) is 0 Å². The molecule has 5 nitrogen and oxygen atoms in total. The molecule has 0 heterocycles. The van der Waals surface area contributed by atoms with E-state index < -0.39 is 25.9 Å². The van der Waals surface area contributed by atoms with Crippen molar-refractivity contribution in [2.45, 2.75) is 10.6 Å². The number of ketones is 2. The minimum absolute atomic E-state index is 0.0856. The maximum absolute atomic E-state index is 12.6. The molecule has 1 aromatic carbocycles. The number of hydrogen-bond acceptors (Lipinski definition) is 4. The van der Waals surface area contributed by atoms with E-state index in [1.54, 1.807) is 12.1 Å². The summed E-state index contributed by atoms with van der Waals surface area (Å²) in [6.07, 6.45) is 2.45. The summed E-state index contributed by atoms with van der Waals surface area (Å²) in [5, 5.41) is 0. The van der Waals surface area contributed by atoms with Crippen LogP contribution in [0.2, 0.25) is 0 Å². The molecule has 1 unspecified atom stereocenters. The average molecular weight is 325 g/mol. The molecule has 0 radical (unpaired) electrons. The van der Waals surface area contributed by atoms with Crippen LogP contribution in [0.4, 0.5) is 0 Å². The Labute approximate surface area is 125 Å². The van der Waals surface area contributed by atoms with Crippen LogP contribution in [-0.4, -0.2) is 28.7 Å². The minimum atomic E-state index is -4.77. The molecule has 1 aromatic rings. The predicted molar refractivity (Wildman–Crippen MR) is 76.0 cm³/mol. The fraction of sp³-hybridized carbons (Fsp3) is 0.143. The Balaban J connectivity index is 2.34. The second-order valence-corrected chi connectivity index (χ2v) is 7.32. The molecule has 7 heteroatoms. The lowest BCUT2D eigenvalue weighted by Gasteiger charge is -2.32. The van der Waals surface area contributed by atoms with Crippen LogP contribution in [0.25, 0.3) is 0 Å². The van der Waals surface area contributed by atoms with Gasteiger partial charge in [-0.3, -0.25) is 14.1 Å². The maximum atomic E-state index is 12.6. The van der Waals surface area contributed by atoms with Crippen LogP contribution in [0, 0.1) is 0 Å². The summed E-state index contributed by atoms with van der Waals surface area (Å²) in [5.41, 5.74) is -0.178. The van der Waals surface area contributed by atoms with E-state index in [1.807, 2.05) is 0 Å².